The van der Waals surface area contributed by atoms with E-state index in [1.165, 1.54) is 0 Å². The zero-order chi connectivity index (χ0) is 15.8. The summed E-state index contributed by atoms with van der Waals surface area (Å²) in [4.78, 5) is 11.8. The molecule has 1 aromatic carbocycles. The lowest BCUT2D eigenvalue weighted by molar-refractivity contribution is -0.120. The van der Waals surface area contributed by atoms with Gasteiger partial charge in [-0.25, -0.2) is 0 Å². The molecule has 0 radical (unpaired) electrons. The van der Waals surface area contributed by atoms with Crippen LogP contribution >= 0.6 is 35.0 Å². The molecule has 0 aliphatic rings. The fourth-order valence-electron chi connectivity index (χ4n) is 1.89. The second kappa shape index (κ2) is 9.13. The van der Waals surface area contributed by atoms with Gasteiger partial charge in [0.2, 0.25) is 5.91 Å². The Morgan fingerprint density at radius 3 is 2.86 bits per heavy atom. The molecule has 0 spiro atoms. The van der Waals surface area contributed by atoms with Crippen LogP contribution in [0.2, 0.25) is 10.0 Å². The number of rotatable bonds is 8. The smallest absolute Gasteiger partial charge is 0.220 e. The van der Waals surface area contributed by atoms with Gasteiger partial charge < -0.3 is 9.73 Å². The maximum Gasteiger partial charge on any atom is 0.220 e. The van der Waals surface area contributed by atoms with Gasteiger partial charge in [0, 0.05) is 28.8 Å². The van der Waals surface area contributed by atoms with Crippen molar-refractivity contribution in [3.8, 4) is 0 Å². The minimum Gasteiger partial charge on any atom is -0.468 e. The van der Waals surface area contributed by atoms with Crippen molar-refractivity contribution < 1.29 is 9.21 Å². The summed E-state index contributed by atoms with van der Waals surface area (Å²) >= 11 is 13.6. The van der Waals surface area contributed by atoms with Crippen LogP contribution in [0.3, 0.4) is 0 Å². The fraction of sp³-hybridized carbons (Fsp3) is 0.312. The summed E-state index contributed by atoms with van der Waals surface area (Å²) in [5, 5.41) is 4.11. The zero-order valence-corrected chi connectivity index (χ0v) is 14.3. The molecule has 2 aromatic rings. The monoisotopic (exact) mass is 357 g/mol. The number of carbonyl (C=O) groups is 1. The molecule has 0 fully saturated rings. The number of benzene rings is 1. The molecule has 0 unspecified atom stereocenters. The molecular weight excluding hydrogens is 341 g/mol. The molecule has 3 nitrogen and oxygen atoms in total. The summed E-state index contributed by atoms with van der Waals surface area (Å²) in [5.74, 6) is 2.66. The highest BCUT2D eigenvalue weighted by molar-refractivity contribution is 7.98. The van der Waals surface area contributed by atoms with Crippen molar-refractivity contribution in [2.24, 2.45) is 0 Å². The van der Waals surface area contributed by atoms with E-state index in [1.807, 2.05) is 18.2 Å². The van der Waals surface area contributed by atoms with Crippen LogP contribution in [-0.2, 0) is 17.0 Å². The van der Waals surface area contributed by atoms with E-state index in [9.17, 15) is 4.79 Å². The van der Waals surface area contributed by atoms with Crippen molar-refractivity contribution in [2.45, 2.75) is 18.6 Å². The van der Waals surface area contributed by atoms with Crippen LogP contribution in [-0.4, -0.2) is 18.2 Å². The first-order chi connectivity index (χ1) is 10.6. The molecule has 2 rings (SSSR count). The highest BCUT2D eigenvalue weighted by Crippen LogP contribution is 2.22. The molecule has 0 saturated heterocycles. The Morgan fingerprint density at radius 2 is 2.14 bits per heavy atom. The number of carbonyl (C=O) groups excluding carboxylic acids is 1. The highest BCUT2D eigenvalue weighted by Gasteiger charge is 2.05. The molecule has 118 valence electrons. The summed E-state index contributed by atoms with van der Waals surface area (Å²) in [6.45, 7) is 0.651. The molecule has 0 aliphatic heterocycles. The number of amides is 1. The highest BCUT2D eigenvalue weighted by atomic mass is 35.5. The summed E-state index contributed by atoms with van der Waals surface area (Å²) in [5.41, 5.74) is 0.938. The molecule has 1 aromatic heterocycles. The normalized spacial score (nSPS) is 10.6. The summed E-state index contributed by atoms with van der Waals surface area (Å²) < 4.78 is 5.24. The summed E-state index contributed by atoms with van der Waals surface area (Å²) in [6.07, 6.45) is 2.70. The SMILES string of the molecule is O=C(CCc1ccc(Cl)cc1Cl)NCCSCc1ccco1. The van der Waals surface area contributed by atoms with E-state index in [0.29, 0.717) is 29.4 Å². The maximum absolute atomic E-state index is 11.8. The van der Waals surface area contributed by atoms with Crippen LogP contribution in [0, 0.1) is 0 Å². The first-order valence-corrected chi connectivity index (χ1v) is 8.87. The van der Waals surface area contributed by atoms with Gasteiger partial charge in [0.05, 0.1) is 12.0 Å². The topological polar surface area (TPSA) is 42.2 Å². The third-order valence-electron chi connectivity index (χ3n) is 3.03. The van der Waals surface area contributed by atoms with Crippen molar-refractivity contribution in [2.75, 3.05) is 12.3 Å². The van der Waals surface area contributed by atoms with Gasteiger partial charge in [0.25, 0.3) is 0 Å². The third-order valence-corrected chi connectivity index (χ3v) is 4.60. The average molecular weight is 358 g/mol. The van der Waals surface area contributed by atoms with Gasteiger partial charge in [-0.2, -0.15) is 11.8 Å². The number of nitrogens with one attached hydrogen (secondary N) is 1. The Hall–Kier alpha value is -1.10. The number of hydrogen-bond acceptors (Lipinski definition) is 3. The molecule has 1 N–H and O–H groups in total. The quantitative estimate of drug-likeness (QED) is 0.703. The average Bonchev–Trinajstić information content (AvgIpc) is 2.99. The Bertz CT molecular complexity index is 602. The van der Waals surface area contributed by atoms with Crippen molar-refractivity contribution >= 4 is 40.9 Å². The number of halogens is 2. The van der Waals surface area contributed by atoms with Gasteiger partial charge in [-0.15, -0.1) is 0 Å². The van der Waals surface area contributed by atoms with Crippen molar-refractivity contribution in [3.63, 3.8) is 0 Å². The van der Waals surface area contributed by atoms with Gasteiger partial charge >= 0.3 is 0 Å². The molecular formula is C16H17Cl2NO2S. The maximum atomic E-state index is 11.8. The lowest BCUT2D eigenvalue weighted by Gasteiger charge is -2.06. The molecule has 22 heavy (non-hydrogen) atoms. The Labute approximate surface area is 144 Å². The van der Waals surface area contributed by atoms with Crippen LogP contribution in [0.5, 0.6) is 0 Å². The summed E-state index contributed by atoms with van der Waals surface area (Å²) in [6, 6.07) is 9.16. The molecule has 1 amide bonds. The predicted molar refractivity (Wildman–Crippen MR) is 92.7 cm³/mol. The van der Waals surface area contributed by atoms with E-state index in [1.54, 1.807) is 30.2 Å². The lowest BCUT2D eigenvalue weighted by atomic mass is 10.1. The van der Waals surface area contributed by atoms with Crippen molar-refractivity contribution in [1.29, 1.82) is 0 Å². The number of furan rings is 1. The number of thioether (sulfide) groups is 1. The summed E-state index contributed by atoms with van der Waals surface area (Å²) in [7, 11) is 0. The van der Waals surface area contributed by atoms with Crippen LogP contribution in [0.4, 0.5) is 0 Å². The van der Waals surface area contributed by atoms with E-state index in [2.05, 4.69) is 5.32 Å². The van der Waals surface area contributed by atoms with E-state index in [-0.39, 0.29) is 5.91 Å². The number of aryl methyl sites for hydroxylation is 1. The molecule has 0 atom stereocenters. The van der Waals surface area contributed by atoms with E-state index < -0.39 is 0 Å². The van der Waals surface area contributed by atoms with Gasteiger partial charge in [-0.3, -0.25) is 4.79 Å². The molecule has 0 aliphatic carbocycles. The first-order valence-electron chi connectivity index (χ1n) is 6.96. The van der Waals surface area contributed by atoms with Crippen LogP contribution < -0.4 is 5.32 Å². The van der Waals surface area contributed by atoms with E-state index >= 15 is 0 Å². The van der Waals surface area contributed by atoms with Crippen molar-refractivity contribution in [3.05, 3.63) is 58.0 Å². The second-order valence-corrected chi connectivity index (χ2v) is 6.67. The zero-order valence-electron chi connectivity index (χ0n) is 12.0. The van der Waals surface area contributed by atoms with Gasteiger partial charge in [-0.1, -0.05) is 29.3 Å². The molecule has 0 saturated carbocycles. The Kier molecular flexibility index (Phi) is 7.16. The van der Waals surface area contributed by atoms with Crippen LogP contribution in [0.15, 0.2) is 41.0 Å². The third kappa shape index (κ3) is 5.95. The first kappa shape index (κ1) is 17.3. The Morgan fingerprint density at radius 1 is 1.27 bits per heavy atom. The van der Waals surface area contributed by atoms with Gasteiger partial charge in [-0.05, 0) is 36.2 Å². The molecule has 1 heterocycles. The number of hydrogen-bond donors (Lipinski definition) is 1. The minimum absolute atomic E-state index is 0.0321. The molecule has 0 bridgehead atoms. The predicted octanol–water partition coefficient (Wildman–Crippen LogP) is 4.57. The lowest BCUT2D eigenvalue weighted by Crippen LogP contribution is -2.25. The molecule has 6 heteroatoms. The standard InChI is InChI=1S/C16H17Cl2NO2S/c17-13-5-3-12(15(18)10-13)4-6-16(20)19-7-9-22-11-14-2-1-8-21-14/h1-3,5,8,10H,4,6-7,9,11H2,(H,19,20). The van der Waals surface area contributed by atoms with E-state index in [4.69, 9.17) is 27.6 Å². The fourth-order valence-corrected chi connectivity index (χ4v) is 3.15. The van der Waals surface area contributed by atoms with Gasteiger partial charge in [0.15, 0.2) is 0 Å². The van der Waals surface area contributed by atoms with Crippen LogP contribution in [0.1, 0.15) is 17.7 Å². The van der Waals surface area contributed by atoms with Gasteiger partial charge in [0.1, 0.15) is 5.76 Å². The largest absolute Gasteiger partial charge is 0.468 e. The second-order valence-electron chi connectivity index (χ2n) is 4.72. The van der Waals surface area contributed by atoms with Crippen molar-refractivity contribution in [1.82, 2.24) is 5.32 Å². The van der Waals surface area contributed by atoms with E-state index in [0.717, 1.165) is 22.8 Å². The minimum atomic E-state index is 0.0321. The van der Waals surface area contributed by atoms with Crippen LogP contribution in [0.25, 0.3) is 0 Å². The Balaban J connectivity index is 1.59.